The van der Waals surface area contributed by atoms with Crippen molar-refractivity contribution in [1.29, 1.82) is 0 Å². The van der Waals surface area contributed by atoms with E-state index in [1.165, 1.54) is 18.2 Å². The molecule has 2 aromatic rings. The second-order valence-electron chi connectivity index (χ2n) is 5.88. The van der Waals surface area contributed by atoms with Gasteiger partial charge in [0.15, 0.2) is 0 Å². The zero-order valence-electron chi connectivity index (χ0n) is 13.7. The first kappa shape index (κ1) is 16.6. The molecule has 128 valence electrons. The third kappa shape index (κ3) is 3.35. The lowest BCUT2D eigenvalue weighted by Gasteiger charge is -2.19. The third-order valence-electron chi connectivity index (χ3n) is 4.18. The molecule has 0 spiro atoms. The van der Waals surface area contributed by atoms with Gasteiger partial charge >= 0.3 is 0 Å². The summed E-state index contributed by atoms with van der Waals surface area (Å²) in [6.45, 7) is 2.55. The molecule has 3 rings (SSSR count). The normalized spacial score (nSPS) is 13.8. The second kappa shape index (κ2) is 6.72. The molecule has 0 aromatic heterocycles. The molecule has 0 saturated carbocycles. The van der Waals surface area contributed by atoms with Gasteiger partial charge in [0.05, 0.1) is 4.92 Å². The number of benzene rings is 2. The van der Waals surface area contributed by atoms with Crippen LogP contribution in [0.2, 0.25) is 0 Å². The van der Waals surface area contributed by atoms with Crippen LogP contribution in [0, 0.1) is 17.0 Å². The van der Waals surface area contributed by atoms with Crippen molar-refractivity contribution in [3.05, 3.63) is 63.7 Å². The lowest BCUT2D eigenvalue weighted by Crippen LogP contribution is -2.24. The van der Waals surface area contributed by atoms with Crippen LogP contribution in [0.5, 0.6) is 0 Å². The number of carbonyl (C=O) groups excluding carboxylic acids is 2. The van der Waals surface area contributed by atoms with Crippen LogP contribution in [-0.4, -0.2) is 23.3 Å². The number of nitro groups is 1. The summed E-state index contributed by atoms with van der Waals surface area (Å²) < 4.78 is 0. The summed E-state index contributed by atoms with van der Waals surface area (Å²) in [5, 5.41) is 13.7. The SMILES string of the molecule is Cc1ccc(NC(=O)c2ccccc2[N+](=O)[O-])cc1N1CCCC1=O. The zero-order valence-corrected chi connectivity index (χ0v) is 13.7. The topological polar surface area (TPSA) is 92.5 Å². The van der Waals surface area contributed by atoms with E-state index in [0.29, 0.717) is 18.7 Å². The Balaban J connectivity index is 1.88. The van der Waals surface area contributed by atoms with Gasteiger partial charge in [-0.15, -0.1) is 0 Å². The number of nitro benzene ring substituents is 1. The molecule has 0 atom stereocenters. The Kier molecular flexibility index (Phi) is 4.47. The number of para-hydroxylation sites is 1. The van der Waals surface area contributed by atoms with Crippen LogP contribution in [0.1, 0.15) is 28.8 Å². The maximum absolute atomic E-state index is 12.4. The summed E-state index contributed by atoms with van der Waals surface area (Å²) in [5.41, 5.74) is 1.92. The zero-order chi connectivity index (χ0) is 18.0. The van der Waals surface area contributed by atoms with E-state index in [0.717, 1.165) is 17.7 Å². The maximum Gasteiger partial charge on any atom is 0.282 e. The largest absolute Gasteiger partial charge is 0.322 e. The van der Waals surface area contributed by atoms with E-state index in [-0.39, 0.29) is 17.2 Å². The smallest absolute Gasteiger partial charge is 0.282 e. The molecule has 1 N–H and O–H groups in total. The average molecular weight is 339 g/mol. The number of hydrogen-bond acceptors (Lipinski definition) is 4. The predicted molar refractivity (Wildman–Crippen MR) is 93.8 cm³/mol. The first-order chi connectivity index (χ1) is 12.0. The Hall–Kier alpha value is -3.22. The van der Waals surface area contributed by atoms with Gasteiger partial charge in [0.2, 0.25) is 5.91 Å². The highest BCUT2D eigenvalue weighted by molar-refractivity contribution is 6.07. The Morgan fingerprint density at radius 2 is 2.00 bits per heavy atom. The fraction of sp³-hybridized carbons (Fsp3) is 0.222. The molecule has 0 unspecified atom stereocenters. The van der Waals surface area contributed by atoms with Crippen molar-refractivity contribution in [2.24, 2.45) is 0 Å². The molecule has 1 saturated heterocycles. The van der Waals surface area contributed by atoms with Gasteiger partial charge in [0.25, 0.3) is 11.6 Å². The number of anilines is 2. The fourth-order valence-corrected chi connectivity index (χ4v) is 2.90. The van der Waals surface area contributed by atoms with Gasteiger partial charge in [-0.3, -0.25) is 19.7 Å². The van der Waals surface area contributed by atoms with Crippen LogP contribution in [0.25, 0.3) is 0 Å². The van der Waals surface area contributed by atoms with E-state index in [9.17, 15) is 19.7 Å². The predicted octanol–water partition coefficient (Wildman–Crippen LogP) is 3.28. The van der Waals surface area contributed by atoms with E-state index < -0.39 is 10.8 Å². The molecule has 1 fully saturated rings. The molecular formula is C18H17N3O4. The average Bonchev–Trinajstić information content (AvgIpc) is 3.02. The highest BCUT2D eigenvalue weighted by Crippen LogP contribution is 2.28. The Morgan fingerprint density at radius 1 is 1.24 bits per heavy atom. The van der Waals surface area contributed by atoms with Crippen molar-refractivity contribution in [3.8, 4) is 0 Å². The molecule has 25 heavy (non-hydrogen) atoms. The molecule has 7 nitrogen and oxygen atoms in total. The number of carbonyl (C=O) groups is 2. The minimum absolute atomic E-state index is 0.00752. The molecule has 2 amide bonds. The van der Waals surface area contributed by atoms with Gasteiger partial charge in [-0.2, -0.15) is 0 Å². The standard InChI is InChI=1S/C18H17N3O4/c1-12-8-9-13(11-16(12)20-10-4-7-17(20)22)19-18(23)14-5-2-3-6-15(14)21(24)25/h2-3,5-6,8-9,11H,4,7,10H2,1H3,(H,19,23). The molecular weight excluding hydrogens is 322 g/mol. The first-order valence-electron chi connectivity index (χ1n) is 7.93. The second-order valence-corrected chi connectivity index (χ2v) is 5.88. The van der Waals surface area contributed by atoms with Gasteiger partial charge in [0, 0.05) is 30.4 Å². The third-order valence-corrected chi connectivity index (χ3v) is 4.18. The lowest BCUT2D eigenvalue weighted by molar-refractivity contribution is -0.385. The molecule has 7 heteroatoms. The van der Waals surface area contributed by atoms with Gasteiger partial charge < -0.3 is 10.2 Å². The van der Waals surface area contributed by atoms with Crippen LogP contribution in [-0.2, 0) is 4.79 Å². The molecule has 1 heterocycles. The summed E-state index contributed by atoms with van der Waals surface area (Å²) in [7, 11) is 0. The number of amides is 2. The lowest BCUT2D eigenvalue weighted by atomic mass is 10.1. The van der Waals surface area contributed by atoms with E-state index >= 15 is 0 Å². The minimum Gasteiger partial charge on any atom is -0.322 e. The van der Waals surface area contributed by atoms with E-state index in [1.807, 2.05) is 13.0 Å². The summed E-state index contributed by atoms with van der Waals surface area (Å²) in [6.07, 6.45) is 1.33. The molecule has 1 aliphatic heterocycles. The molecule has 0 aliphatic carbocycles. The van der Waals surface area contributed by atoms with Crippen molar-refractivity contribution in [1.82, 2.24) is 0 Å². The van der Waals surface area contributed by atoms with Crippen molar-refractivity contribution >= 4 is 28.9 Å². The quantitative estimate of drug-likeness (QED) is 0.683. The molecule has 2 aromatic carbocycles. The Labute approximate surface area is 144 Å². The van der Waals surface area contributed by atoms with Crippen LogP contribution in [0.3, 0.4) is 0 Å². The van der Waals surface area contributed by atoms with Crippen LogP contribution in [0.4, 0.5) is 17.1 Å². The highest BCUT2D eigenvalue weighted by atomic mass is 16.6. The van der Waals surface area contributed by atoms with Crippen LogP contribution < -0.4 is 10.2 Å². The van der Waals surface area contributed by atoms with E-state index in [2.05, 4.69) is 5.32 Å². The number of nitrogens with one attached hydrogen (secondary N) is 1. The number of aryl methyl sites for hydroxylation is 1. The van der Waals surface area contributed by atoms with E-state index in [4.69, 9.17) is 0 Å². The van der Waals surface area contributed by atoms with Gasteiger partial charge in [-0.1, -0.05) is 18.2 Å². The van der Waals surface area contributed by atoms with Gasteiger partial charge in [-0.25, -0.2) is 0 Å². The maximum atomic E-state index is 12.4. The Bertz CT molecular complexity index is 863. The van der Waals surface area contributed by atoms with Crippen LogP contribution in [0.15, 0.2) is 42.5 Å². The monoisotopic (exact) mass is 339 g/mol. The summed E-state index contributed by atoms with van der Waals surface area (Å²) >= 11 is 0. The minimum atomic E-state index is -0.585. The molecule has 0 radical (unpaired) electrons. The van der Waals surface area contributed by atoms with Gasteiger partial charge in [0.1, 0.15) is 5.56 Å². The van der Waals surface area contributed by atoms with E-state index in [1.54, 1.807) is 23.1 Å². The molecule has 0 bridgehead atoms. The van der Waals surface area contributed by atoms with Crippen molar-refractivity contribution in [2.45, 2.75) is 19.8 Å². The van der Waals surface area contributed by atoms with Crippen molar-refractivity contribution < 1.29 is 14.5 Å². The molecule has 1 aliphatic rings. The van der Waals surface area contributed by atoms with Crippen molar-refractivity contribution in [2.75, 3.05) is 16.8 Å². The fourth-order valence-electron chi connectivity index (χ4n) is 2.90. The van der Waals surface area contributed by atoms with Crippen molar-refractivity contribution in [3.63, 3.8) is 0 Å². The summed E-state index contributed by atoms with van der Waals surface area (Å²) in [4.78, 5) is 36.6. The summed E-state index contributed by atoms with van der Waals surface area (Å²) in [5.74, 6) is -0.500. The number of hydrogen-bond donors (Lipinski definition) is 1. The first-order valence-corrected chi connectivity index (χ1v) is 7.93. The van der Waals surface area contributed by atoms with Gasteiger partial charge in [-0.05, 0) is 37.1 Å². The number of rotatable bonds is 4. The highest BCUT2D eigenvalue weighted by Gasteiger charge is 2.24. The Morgan fingerprint density at radius 3 is 2.68 bits per heavy atom. The van der Waals surface area contributed by atoms with Crippen LogP contribution >= 0.6 is 0 Å². The summed E-state index contributed by atoms with van der Waals surface area (Å²) in [6, 6.07) is 11.0. The number of nitrogens with zero attached hydrogens (tertiary/aromatic N) is 2.